The van der Waals surface area contributed by atoms with E-state index in [4.69, 9.17) is 0 Å². The van der Waals surface area contributed by atoms with Crippen molar-refractivity contribution in [1.82, 2.24) is 19.7 Å². The van der Waals surface area contributed by atoms with E-state index < -0.39 is 0 Å². The summed E-state index contributed by atoms with van der Waals surface area (Å²) in [5.74, 6) is -0.113. The second-order valence-corrected chi connectivity index (χ2v) is 8.02. The fraction of sp³-hybridized carbons (Fsp3) is 0.353. The van der Waals surface area contributed by atoms with Crippen molar-refractivity contribution >= 4 is 60.9 Å². The first-order valence-electron chi connectivity index (χ1n) is 7.96. The highest BCUT2D eigenvalue weighted by molar-refractivity contribution is 9.10. The van der Waals surface area contributed by atoms with Gasteiger partial charge >= 0.3 is 0 Å². The fourth-order valence-electron chi connectivity index (χ4n) is 2.50. The standard InChI is InChI=1S/C17H20BrN5OS.ClH/c1-21(2)8-4-9-23(16(24)14-7-10-22(3)20-14)17-19-13-6-5-12(18)11-15(13)25-17;/h5-7,10-11H,4,8-9H2,1-3H3;1H. The molecule has 0 saturated heterocycles. The van der Waals surface area contributed by atoms with Crippen molar-refractivity contribution in [3.8, 4) is 0 Å². The van der Waals surface area contributed by atoms with E-state index in [0.717, 1.165) is 27.7 Å². The molecule has 0 spiro atoms. The molecule has 0 atom stereocenters. The summed E-state index contributed by atoms with van der Waals surface area (Å²) in [4.78, 5) is 21.5. The molecule has 0 aliphatic rings. The van der Waals surface area contributed by atoms with Crippen molar-refractivity contribution in [2.75, 3.05) is 32.1 Å². The summed E-state index contributed by atoms with van der Waals surface area (Å²) in [6.07, 6.45) is 2.64. The first-order chi connectivity index (χ1) is 11.9. The number of nitrogens with zero attached hydrogens (tertiary/aromatic N) is 5. The van der Waals surface area contributed by atoms with Crippen LogP contribution in [0.2, 0.25) is 0 Å². The minimum atomic E-state index is -0.113. The molecular formula is C17H21BrClN5OS. The average molecular weight is 459 g/mol. The lowest BCUT2D eigenvalue weighted by Crippen LogP contribution is -2.33. The normalized spacial score (nSPS) is 11.0. The van der Waals surface area contributed by atoms with Gasteiger partial charge in [0.2, 0.25) is 0 Å². The molecule has 3 aromatic rings. The number of carbonyl (C=O) groups excluding carboxylic acids is 1. The third-order valence-corrected chi connectivity index (χ3v) is 5.27. The molecule has 0 radical (unpaired) electrons. The molecule has 140 valence electrons. The molecule has 2 aromatic heterocycles. The molecule has 0 fully saturated rings. The second kappa shape index (κ2) is 8.94. The number of amides is 1. The molecule has 0 aliphatic carbocycles. The number of thiazole rings is 1. The van der Waals surface area contributed by atoms with Gasteiger partial charge < -0.3 is 4.90 Å². The monoisotopic (exact) mass is 457 g/mol. The zero-order chi connectivity index (χ0) is 18.0. The van der Waals surface area contributed by atoms with Crippen molar-refractivity contribution in [3.05, 3.63) is 40.6 Å². The quantitative estimate of drug-likeness (QED) is 0.563. The van der Waals surface area contributed by atoms with Gasteiger partial charge in [-0.15, -0.1) is 12.4 Å². The zero-order valence-electron chi connectivity index (χ0n) is 14.8. The van der Waals surface area contributed by atoms with Crippen LogP contribution in [0.15, 0.2) is 34.9 Å². The molecule has 26 heavy (non-hydrogen) atoms. The van der Waals surface area contributed by atoms with Crippen LogP contribution >= 0.6 is 39.7 Å². The SMILES string of the molecule is CN(C)CCCN(C(=O)c1ccn(C)n1)c1nc2ccc(Br)cc2s1.Cl. The highest BCUT2D eigenvalue weighted by Crippen LogP contribution is 2.31. The minimum Gasteiger partial charge on any atom is -0.309 e. The van der Waals surface area contributed by atoms with E-state index in [9.17, 15) is 4.79 Å². The fourth-order valence-corrected chi connectivity index (χ4v) is 4.04. The third-order valence-electron chi connectivity index (χ3n) is 3.74. The van der Waals surface area contributed by atoms with Crippen molar-refractivity contribution in [1.29, 1.82) is 0 Å². The van der Waals surface area contributed by atoms with Gasteiger partial charge in [0.25, 0.3) is 5.91 Å². The average Bonchev–Trinajstić information content (AvgIpc) is 3.16. The summed E-state index contributed by atoms with van der Waals surface area (Å²) in [5.41, 5.74) is 1.34. The molecule has 6 nitrogen and oxygen atoms in total. The van der Waals surface area contributed by atoms with Crippen LogP contribution in [0.25, 0.3) is 10.2 Å². The van der Waals surface area contributed by atoms with Gasteiger partial charge in [0.1, 0.15) is 0 Å². The first kappa shape index (κ1) is 20.8. The highest BCUT2D eigenvalue weighted by atomic mass is 79.9. The van der Waals surface area contributed by atoms with Gasteiger partial charge in [0.15, 0.2) is 10.8 Å². The number of fused-ring (bicyclic) bond motifs is 1. The molecule has 2 heterocycles. The Balaban J connectivity index is 0.00000243. The van der Waals surface area contributed by atoms with Crippen molar-refractivity contribution < 1.29 is 4.79 Å². The van der Waals surface area contributed by atoms with Gasteiger partial charge in [0.05, 0.1) is 10.2 Å². The summed E-state index contributed by atoms with van der Waals surface area (Å²) in [6, 6.07) is 7.69. The molecule has 0 bridgehead atoms. The van der Waals surface area contributed by atoms with Gasteiger partial charge in [0, 0.05) is 24.3 Å². The van der Waals surface area contributed by atoms with Crippen molar-refractivity contribution in [2.24, 2.45) is 7.05 Å². The van der Waals surface area contributed by atoms with Crippen LogP contribution < -0.4 is 4.90 Å². The van der Waals surface area contributed by atoms with E-state index in [1.807, 2.05) is 39.3 Å². The topological polar surface area (TPSA) is 54.3 Å². The molecule has 0 unspecified atom stereocenters. The Labute approximate surface area is 171 Å². The second-order valence-electron chi connectivity index (χ2n) is 6.10. The third kappa shape index (κ3) is 4.82. The van der Waals surface area contributed by atoms with Crippen molar-refractivity contribution in [2.45, 2.75) is 6.42 Å². The Bertz CT molecular complexity index is 894. The summed E-state index contributed by atoms with van der Waals surface area (Å²) < 4.78 is 3.70. The minimum absolute atomic E-state index is 0. The van der Waals surface area contributed by atoms with Crippen LogP contribution in [-0.4, -0.2) is 52.8 Å². The van der Waals surface area contributed by atoms with Crippen molar-refractivity contribution in [3.63, 3.8) is 0 Å². The van der Waals surface area contributed by atoms with E-state index in [-0.39, 0.29) is 18.3 Å². The summed E-state index contributed by atoms with van der Waals surface area (Å²) >= 11 is 5.01. The summed E-state index contributed by atoms with van der Waals surface area (Å²) in [5, 5.41) is 4.96. The van der Waals surface area contributed by atoms with E-state index in [1.54, 1.807) is 21.8 Å². The molecule has 0 N–H and O–H groups in total. The maximum Gasteiger partial charge on any atom is 0.280 e. The Morgan fingerprint density at radius 1 is 1.27 bits per heavy atom. The van der Waals surface area contributed by atoms with Crippen LogP contribution in [0, 0.1) is 0 Å². The van der Waals surface area contributed by atoms with Gasteiger partial charge in [-0.25, -0.2) is 4.98 Å². The molecule has 1 aromatic carbocycles. The summed E-state index contributed by atoms with van der Waals surface area (Å²) in [7, 11) is 5.86. The number of benzene rings is 1. The lowest BCUT2D eigenvalue weighted by molar-refractivity contribution is 0.0980. The number of hydrogen-bond donors (Lipinski definition) is 0. The first-order valence-corrected chi connectivity index (χ1v) is 9.57. The van der Waals surface area contributed by atoms with Crippen LogP contribution in [0.4, 0.5) is 5.13 Å². The van der Waals surface area contributed by atoms with E-state index >= 15 is 0 Å². The largest absolute Gasteiger partial charge is 0.309 e. The smallest absolute Gasteiger partial charge is 0.280 e. The van der Waals surface area contributed by atoms with E-state index in [0.29, 0.717) is 17.4 Å². The van der Waals surface area contributed by atoms with Crippen LogP contribution in [0.5, 0.6) is 0 Å². The highest BCUT2D eigenvalue weighted by Gasteiger charge is 2.23. The van der Waals surface area contributed by atoms with Gasteiger partial charge in [-0.2, -0.15) is 5.10 Å². The predicted octanol–water partition coefficient (Wildman–Crippen LogP) is 3.81. The van der Waals surface area contributed by atoms with E-state index in [1.165, 1.54) is 11.3 Å². The molecule has 9 heteroatoms. The molecular weight excluding hydrogens is 438 g/mol. The zero-order valence-corrected chi connectivity index (χ0v) is 18.1. The molecule has 1 amide bonds. The van der Waals surface area contributed by atoms with Crippen LogP contribution in [-0.2, 0) is 7.05 Å². The Kier molecular flexibility index (Phi) is 7.16. The van der Waals surface area contributed by atoms with Gasteiger partial charge in [-0.05, 0) is 51.3 Å². The Morgan fingerprint density at radius 2 is 2.04 bits per heavy atom. The van der Waals surface area contributed by atoms with Crippen LogP contribution in [0.1, 0.15) is 16.9 Å². The molecule has 3 rings (SSSR count). The number of hydrogen-bond acceptors (Lipinski definition) is 5. The number of carbonyl (C=O) groups is 1. The maximum atomic E-state index is 13.0. The maximum absolute atomic E-state index is 13.0. The predicted molar refractivity (Wildman–Crippen MR) is 113 cm³/mol. The van der Waals surface area contributed by atoms with Gasteiger partial charge in [-0.1, -0.05) is 27.3 Å². The summed E-state index contributed by atoms with van der Waals surface area (Å²) in [6.45, 7) is 1.51. The molecule has 0 aliphatic heterocycles. The lowest BCUT2D eigenvalue weighted by Gasteiger charge is -2.20. The lowest BCUT2D eigenvalue weighted by atomic mass is 10.3. The van der Waals surface area contributed by atoms with E-state index in [2.05, 4.69) is 30.9 Å². The molecule has 0 saturated carbocycles. The van der Waals surface area contributed by atoms with Crippen LogP contribution in [0.3, 0.4) is 0 Å². The number of aryl methyl sites for hydroxylation is 1. The number of rotatable bonds is 6. The number of anilines is 1. The number of halogens is 2. The Hall–Kier alpha value is -1.48. The van der Waals surface area contributed by atoms with Gasteiger partial charge in [-0.3, -0.25) is 14.4 Å². The Morgan fingerprint density at radius 3 is 2.69 bits per heavy atom. The number of aromatic nitrogens is 3.